The number of thiophene rings is 1. The molecule has 5 nitrogen and oxygen atoms in total. The molecule has 0 amide bonds. The number of hydrogen-bond acceptors (Lipinski definition) is 4. The van der Waals surface area contributed by atoms with Gasteiger partial charge >= 0.3 is 0 Å². The Morgan fingerprint density at radius 3 is 2.77 bits per heavy atom. The van der Waals surface area contributed by atoms with Crippen molar-refractivity contribution >= 4 is 21.6 Å². The molecule has 0 atom stereocenters. The van der Waals surface area contributed by atoms with Gasteiger partial charge in [0.2, 0.25) is 0 Å². The fraction of sp³-hybridized carbons (Fsp3) is 0.0625. The number of fused-ring (bicyclic) bond motifs is 1. The summed E-state index contributed by atoms with van der Waals surface area (Å²) in [6.07, 6.45) is 5.26. The van der Waals surface area contributed by atoms with Crippen molar-refractivity contribution in [1.82, 2.24) is 19.3 Å². The lowest BCUT2D eigenvalue weighted by Crippen LogP contribution is -2.20. The summed E-state index contributed by atoms with van der Waals surface area (Å²) in [7, 11) is 0. The second kappa shape index (κ2) is 5.23. The molecule has 0 spiro atoms. The van der Waals surface area contributed by atoms with Crippen LogP contribution in [0.15, 0.2) is 65.3 Å². The van der Waals surface area contributed by atoms with Crippen molar-refractivity contribution in [2.24, 2.45) is 0 Å². The highest BCUT2D eigenvalue weighted by Gasteiger charge is 2.05. The first kappa shape index (κ1) is 13.0. The van der Waals surface area contributed by atoms with Crippen molar-refractivity contribution < 1.29 is 0 Å². The van der Waals surface area contributed by atoms with Crippen LogP contribution in [0.1, 0.15) is 5.56 Å². The number of benzene rings is 1. The standard InChI is InChI=1S/C16H12N4OS/c21-16-14-6-9-22-15(14)17-11-19(16)10-12-2-4-13(5-3-12)20-8-1-7-18-20/h1-9,11H,10H2. The molecule has 6 heteroatoms. The lowest BCUT2D eigenvalue weighted by atomic mass is 10.2. The molecule has 4 rings (SSSR count). The largest absolute Gasteiger partial charge is 0.294 e. The molecule has 0 fully saturated rings. The molecule has 0 unspecified atom stereocenters. The van der Waals surface area contributed by atoms with Crippen LogP contribution in [0.4, 0.5) is 0 Å². The van der Waals surface area contributed by atoms with E-state index in [4.69, 9.17) is 0 Å². The highest BCUT2D eigenvalue weighted by Crippen LogP contribution is 2.14. The van der Waals surface area contributed by atoms with E-state index in [1.165, 1.54) is 11.3 Å². The fourth-order valence-electron chi connectivity index (χ4n) is 2.38. The monoisotopic (exact) mass is 308 g/mol. The van der Waals surface area contributed by atoms with Crippen molar-refractivity contribution in [1.29, 1.82) is 0 Å². The average molecular weight is 308 g/mol. The Labute approximate surface area is 130 Å². The zero-order valence-corrected chi connectivity index (χ0v) is 12.4. The number of rotatable bonds is 3. The van der Waals surface area contributed by atoms with Gasteiger partial charge in [-0.15, -0.1) is 11.3 Å². The summed E-state index contributed by atoms with van der Waals surface area (Å²) < 4.78 is 3.44. The molecule has 3 aromatic heterocycles. The summed E-state index contributed by atoms with van der Waals surface area (Å²) in [6.45, 7) is 0.511. The van der Waals surface area contributed by atoms with Gasteiger partial charge in [-0.2, -0.15) is 5.10 Å². The first-order valence-electron chi connectivity index (χ1n) is 6.83. The van der Waals surface area contributed by atoms with Crippen LogP contribution in [0.25, 0.3) is 15.9 Å². The Bertz CT molecular complexity index is 967. The van der Waals surface area contributed by atoms with E-state index in [2.05, 4.69) is 10.1 Å². The molecule has 22 heavy (non-hydrogen) atoms. The van der Waals surface area contributed by atoms with E-state index in [0.29, 0.717) is 11.9 Å². The third-order valence-corrected chi connectivity index (χ3v) is 4.33. The maximum Gasteiger partial charge on any atom is 0.262 e. The molecule has 3 heterocycles. The third kappa shape index (κ3) is 2.23. The fourth-order valence-corrected chi connectivity index (χ4v) is 3.10. The quantitative estimate of drug-likeness (QED) is 0.585. The highest BCUT2D eigenvalue weighted by molar-refractivity contribution is 7.16. The van der Waals surface area contributed by atoms with Gasteiger partial charge in [-0.3, -0.25) is 9.36 Å². The second-order valence-electron chi connectivity index (χ2n) is 4.93. The lowest BCUT2D eigenvalue weighted by Gasteiger charge is -2.07. The maximum atomic E-state index is 12.4. The minimum atomic E-state index is 0.00222. The van der Waals surface area contributed by atoms with Gasteiger partial charge in [0.1, 0.15) is 4.83 Å². The molecule has 0 aliphatic carbocycles. The molecular formula is C16H12N4OS. The van der Waals surface area contributed by atoms with Crippen molar-refractivity contribution in [3.8, 4) is 5.69 Å². The van der Waals surface area contributed by atoms with E-state index >= 15 is 0 Å². The molecule has 0 radical (unpaired) electrons. The van der Waals surface area contributed by atoms with Crippen molar-refractivity contribution in [2.45, 2.75) is 6.54 Å². The second-order valence-corrected chi connectivity index (χ2v) is 5.83. The Morgan fingerprint density at radius 1 is 1.14 bits per heavy atom. The highest BCUT2D eigenvalue weighted by atomic mass is 32.1. The summed E-state index contributed by atoms with van der Waals surface area (Å²) in [5, 5.41) is 6.77. The van der Waals surface area contributed by atoms with Gasteiger partial charge in [0, 0.05) is 12.4 Å². The topological polar surface area (TPSA) is 52.7 Å². The average Bonchev–Trinajstić information content (AvgIpc) is 3.22. The van der Waals surface area contributed by atoms with Gasteiger partial charge in [-0.05, 0) is 35.2 Å². The zero-order chi connectivity index (χ0) is 14.9. The summed E-state index contributed by atoms with van der Waals surface area (Å²) in [5.74, 6) is 0. The van der Waals surface area contributed by atoms with Gasteiger partial charge in [0.15, 0.2) is 0 Å². The van der Waals surface area contributed by atoms with Gasteiger partial charge < -0.3 is 0 Å². The number of aromatic nitrogens is 4. The molecule has 0 aliphatic rings. The van der Waals surface area contributed by atoms with Crippen molar-refractivity contribution in [2.75, 3.05) is 0 Å². The number of hydrogen-bond donors (Lipinski definition) is 0. The van der Waals surface area contributed by atoms with Crippen LogP contribution in [0.5, 0.6) is 0 Å². The van der Waals surface area contributed by atoms with E-state index in [-0.39, 0.29) is 5.56 Å². The maximum absolute atomic E-state index is 12.4. The minimum absolute atomic E-state index is 0.00222. The summed E-state index contributed by atoms with van der Waals surface area (Å²) in [4.78, 5) is 17.5. The van der Waals surface area contributed by atoms with Gasteiger partial charge in [0.05, 0.1) is 23.9 Å². The lowest BCUT2D eigenvalue weighted by molar-refractivity contribution is 0.748. The Morgan fingerprint density at radius 2 is 2.00 bits per heavy atom. The number of nitrogens with zero attached hydrogens (tertiary/aromatic N) is 4. The third-order valence-electron chi connectivity index (χ3n) is 3.51. The SMILES string of the molecule is O=c1c2ccsc2ncn1Cc1ccc(-n2cccn2)cc1. The van der Waals surface area contributed by atoms with Crippen LogP contribution >= 0.6 is 11.3 Å². The zero-order valence-electron chi connectivity index (χ0n) is 11.6. The van der Waals surface area contributed by atoms with E-state index in [9.17, 15) is 4.79 Å². The van der Waals surface area contributed by atoms with Gasteiger partial charge in [0.25, 0.3) is 5.56 Å². The molecule has 0 N–H and O–H groups in total. The van der Waals surface area contributed by atoms with Crippen LogP contribution in [0.2, 0.25) is 0 Å². The predicted molar refractivity (Wildman–Crippen MR) is 86.5 cm³/mol. The van der Waals surface area contributed by atoms with Gasteiger partial charge in [-0.1, -0.05) is 12.1 Å². The van der Waals surface area contributed by atoms with Crippen molar-refractivity contribution in [3.05, 3.63) is 76.4 Å². The van der Waals surface area contributed by atoms with Crippen LogP contribution in [-0.2, 0) is 6.54 Å². The Kier molecular flexibility index (Phi) is 3.08. The van der Waals surface area contributed by atoms with E-state index in [1.54, 1.807) is 21.8 Å². The predicted octanol–water partition coefficient (Wildman–Crippen LogP) is 2.69. The smallest absolute Gasteiger partial charge is 0.262 e. The molecule has 108 valence electrons. The van der Waals surface area contributed by atoms with Gasteiger partial charge in [-0.25, -0.2) is 9.67 Å². The first-order valence-corrected chi connectivity index (χ1v) is 7.71. The van der Waals surface area contributed by atoms with E-state index in [1.807, 2.05) is 48.0 Å². The molecule has 4 aromatic rings. The molecule has 0 aliphatic heterocycles. The molecule has 1 aromatic carbocycles. The normalized spacial score (nSPS) is 11.1. The van der Waals surface area contributed by atoms with Crippen LogP contribution in [0.3, 0.4) is 0 Å². The minimum Gasteiger partial charge on any atom is -0.294 e. The van der Waals surface area contributed by atoms with E-state index < -0.39 is 0 Å². The summed E-state index contributed by atoms with van der Waals surface area (Å²) >= 11 is 1.48. The van der Waals surface area contributed by atoms with Crippen LogP contribution in [-0.4, -0.2) is 19.3 Å². The molecule has 0 bridgehead atoms. The molecule has 0 saturated carbocycles. The Hall–Kier alpha value is -2.73. The van der Waals surface area contributed by atoms with E-state index in [0.717, 1.165) is 16.1 Å². The molecular weight excluding hydrogens is 296 g/mol. The van der Waals surface area contributed by atoms with Crippen LogP contribution < -0.4 is 5.56 Å². The first-order chi connectivity index (χ1) is 10.8. The molecule has 0 saturated heterocycles. The Balaban J connectivity index is 1.65. The van der Waals surface area contributed by atoms with Crippen LogP contribution in [0, 0.1) is 0 Å². The van der Waals surface area contributed by atoms with Crippen molar-refractivity contribution in [3.63, 3.8) is 0 Å². The summed E-state index contributed by atoms with van der Waals surface area (Å²) in [5.41, 5.74) is 2.05. The summed E-state index contributed by atoms with van der Waals surface area (Å²) in [6, 6.07) is 11.7.